The van der Waals surface area contributed by atoms with E-state index in [-0.39, 0.29) is 5.56 Å². The molecule has 2 rings (SSSR count). The molecular formula is C17H19FN2O. The third kappa shape index (κ3) is 3.81. The average molecular weight is 286 g/mol. The maximum atomic E-state index is 13.7. The zero-order valence-corrected chi connectivity index (χ0v) is 12.5. The Kier molecular flexibility index (Phi) is 4.58. The molecule has 0 saturated heterocycles. The van der Waals surface area contributed by atoms with Crippen LogP contribution in [0.15, 0.2) is 42.5 Å². The first-order chi connectivity index (χ1) is 9.97. The Morgan fingerprint density at radius 2 is 1.81 bits per heavy atom. The first kappa shape index (κ1) is 15.0. The number of benzene rings is 2. The number of aryl methyl sites for hydroxylation is 1. The quantitative estimate of drug-likeness (QED) is 0.936. The molecule has 0 aliphatic heterocycles. The molecule has 0 spiro atoms. The lowest BCUT2D eigenvalue weighted by atomic mass is 10.1. The summed E-state index contributed by atoms with van der Waals surface area (Å²) in [4.78, 5) is 14.0. The second-order valence-corrected chi connectivity index (χ2v) is 5.23. The minimum Gasteiger partial charge on any atom is -0.378 e. The molecular weight excluding hydrogens is 267 g/mol. The van der Waals surface area contributed by atoms with E-state index in [0.29, 0.717) is 6.54 Å². The molecule has 2 aromatic carbocycles. The Bertz CT molecular complexity index is 636. The van der Waals surface area contributed by atoms with Crippen molar-refractivity contribution in [3.63, 3.8) is 0 Å². The topological polar surface area (TPSA) is 32.3 Å². The van der Waals surface area contributed by atoms with Crippen molar-refractivity contribution in [3.05, 3.63) is 65.0 Å². The fourth-order valence-corrected chi connectivity index (χ4v) is 1.99. The summed E-state index contributed by atoms with van der Waals surface area (Å²) in [6.45, 7) is 2.16. The van der Waals surface area contributed by atoms with Crippen LogP contribution in [0, 0.1) is 12.7 Å². The van der Waals surface area contributed by atoms with Gasteiger partial charge in [-0.1, -0.05) is 18.2 Å². The maximum absolute atomic E-state index is 13.7. The number of anilines is 1. The Morgan fingerprint density at radius 1 is 1.14 bits per heavy atom. The highest BCUT2D eigenvalue weighted by atomic mass is 19.1. The van der Waals surface area contributed by atoms with Gasteiger partial charge < -0.3 is 10.2 Å². The Balaban J connectivity index is 2.00. The minimum atomic E-state index is -0.490. The molecule has 0 saturated carbocycles. The molecule has 4 heteroatoms. The van der Waals surface area contributed by atoms with Crippen LogP contribution >= 0.6 is 0 Å². The third-order valence-corrected chi connectivity index (χ3v) is 3.28. The number of hydrogen-bond acceptors (Lipinski definition) is 2. The van der Waals surface area contributed by atoms with Crippen molar-refractivity contribution < 1.29 is 9.18 Å². The van der Waals surface area contributed by atoms with E-state index in [1.807, 2.05) is 43.3 Å². The van der Waals surface area contributed by atoms with E-state index >= 15 is 0 Å². The van der Waals surface area contributed by atoms with Gasteiger partial charge in [0.05, 0.1) is 5.56 Å². The first-order valence-corrected chi connectivity index (χ1v) is 6.78. The highest BCUT2D eigenvalue weighted by molar-refractivity contribution is 5.94. The second kappa shape index (κ2) is 6.39. The summed E-state index contributed by atoms with van der Waals surface area (Å²) in [5, 5.41) is 2.73. The Labute approximate surface area is 124 Å². The van der Waals surface area contributed by atoms with Crippen molar-refractivity contribution in [2.24, 2.45) is 0 Å². The number of carbonyl (C=O) groups excluding carboxylic acids is 1. The summed E-state index contributed by atoms with van der Waals surface area (Å²) < 4.78 is 13.7. The monoisotopic (exact) mass is 286 g/mol. The van der Waals surface area contributed by atoms with Crippen molar-refractivity contribution in [1.29, 1.82) is 0 Å². The van der Waals surface area contributed by atoms with Crippen LogP contribution in [0.25, 0.3) is 0 Å². The Hall–Kier alpha value is -2.36. The van der Waals surface area contributed by atoms with Gasteiger partial charge in [-0.15, -0.1) is 0 Å². The van der Waals surface area contributed by atoms with Gasteiger partial charge in [0.1, 0.15) is 5.82 Å². The van der Waals surface area contributed by atoms with Gasteiger partial charge in [0.15, 0.2) is 0 Å². The molecule has 21 heavy (non-hydrogen) atoms. The van der Waals surface area contributed by atoms with Gasteiger partial charge in [0, 0.05) is 26.3 Å². The number of hydrogen-bond donors (Lipinski definition) is 1. The molecule has 110 valence electrons. The largest absolute Gasteiger partial charge is 0.378 e. The summed E-state index contributed by atoms with van der Waals surface area (Å²) in [5.74, 6) is -0.889. The number of nitrogens with one attached hydrogen (secondary N) is 1. The first-order valence-electron chi connectivity index (χ1n) is 6.78. The summed E-state index contributed by atoms with van der Waals surface area (Å²) in [7, 11) is 3.94. The van der Waals surface area contributed by atoms with E-state index in [4.69, 9.17) is 0 Å². The van der Waals surface area contributed by atoms with Crippen molar-refractivity contribution >= 4 is 11.6 Å². The van der Waals surface area contributed by atoms with E-state index in [2.05, 4.69) is 5.32 Å². The number of nitrogens with zero attached hydrogens (tertiary/aromatic N) is 1. The van der Waals surface area contributed by atoms with Crippen LogP contribution in [-0.4, -0.2) is 20.0 Å². The molecule has 0 aliphatic carbocycles. The molecule has 1 N–H and O–H groups in total. The second-order valence-electron chi connectivity index (χ2n) is 5.23. The highest BCUT2D eigenvalue weighted by Gasteiger charge is 2.11. The number of amides is 1. The molecule has 0 aliphatic rings. The van der Waals surface area contributed by atoms with Crippen molar-refractivity contribution in [3.8, 4) is 0 Å². The molecule has 0 unspecified atom stereocenters. The molecule has 1 amide bonds. The standard InChI is InChI=1S/C17H19FN2O/c1-12-4-9-15(16(18)10-12)17(21)19-11-13-5-7-14(8-6-13)20(2)3/h4-10H,11H2,1-3H3,(H,19,21). The van der Waals surface area contributed by atoms with Gasteiger partial charge in [0.2, 0.25) is 0 Å². The summed E-state index contributed by atoms with van der Waals surface area (Å²) in [5.41, 5.74) is 2.94. The smallest absolute Gasteiger partial charge is 0.254 e. The van der Waals surface area contributed by atoms with E-state index in [9.17, 15) is 9.18 Å². The van der Waals surface area contributed by atoms with Gasteiger partial charge >= 0.3 is 0 Å². The van der Waals surface area contributed by atoms with E-state index in [1.165, 1.54) is 12.1 Å². The molecule has 0 bridgehead atoms. The number of carbonyl (C=O) groups is 1. The summed E-state index contributed by atoms with van der Waals surface area (Å²) >= 11 is 0. The van der Waals surface area contributed by atoms with E-state index in [0.717, 1.165) is 16.8 Å². The van der Waals surface area contributed by atoms with Crippen LogP contribution in [0.1, 0.15) is 21.5 Å². The van der Waals surface area contributed by atoms with Crippen LogP contribution in [0.3, 0.4) is 0 Å². The molecule has 0 heterocycles. The van der Waals surface area contributed by atoms with Crippen molar-refractivity contribution in [2.45, 2.75) is 13.5 Å². The normalized spacial score (nSPS) is 10.3. The van der Waals surface area contributed by atoms with Gasteiger partial charge in [-0.3, -0.25) is 4.79 Å². The van der Waals surface area contributed by atoms with E-state index < -0.39 is 11.7 Å². The van der Waals surface area contributed by atoms with Crippen LogP contribution in [0.4, 0.5) is 10.1 Å². The third-order valence-electron chi connectivity index (χ3n) is 3.28. The van der Waals surface area contributed by atoms with Gasteiger partial charge in [-0.25, -0.2) is 4.39 Å². The zero-order valence-electron chi connectivity index (χ0n) is 12.5. The van der Waals surface area contributed by atoms with Crippen LogP contribution in [0.2, 0.25) is 0 Å². The SMILES string of the molecule is Cc1ccc(C(=O)NCc2ccc(N(C)C)cc2)c(F)c1. The van der Waals surface area contributed by atoms with E-state index in [1.54, 1.807) is 13.0 Å². The number of halogens is 1. The van der Waals surface area contributed by atoms with Crippen molar-refractivity contribution in [1.82, 2.24) is 5.32 Å². The van der Waals surface area contributed by atoms with Crippen LogP contribution in [-0.2, 0) is 6.54 Å². The molecule has 0 radical (unpaired) electrons. The lowest BCUT2D eigenvalue weighted by Gasteiger charge is -2.13. The predicted molar refractivity (Wildman–Crippen MR) is 83.1 cm³/mol. The van der Waals surface area contributed by atoms with Crippen LogP contribution < -0.4 is 10.2 Å². The molecule has 2 aromatic rings. The molecule has 3 nitrogen and oxygen atoms in total. The maximum Gasteiger partial charge on any atom is 0.254 e. The summed E-state index contributed by atoms with van der Waals surface area (Å²) in [6.07, 6.45) is 0. The fourth-order valence-electron chi connectivity index (χ4n) is 1.99. The average Bonchev–Trinajstić information content (AvgIpc) is 2.45. The zero-order chi connectivity index (χ0) is 15.4. The minimum absolute atomic E-state index is 0.0745. The predicted octanol–water partition coefficient (Wildman–Crippen LogP) is 3.13. The molecule has 0 fully saturated rings. The Morgan fingerprint density at radius 3 is 2.38 bits per heavy atom. The number of rotatable bonds is 4. The van der Waals surface area contributed by atoms with Crippen molar-refractivity contribution in [2.75, 3.05) is 19.0 Å². The molecule has 0 aromatic heterocycles. The van der Waals surface area contributed by atoms with Gasteiger partial charge in [-0.2, -0.15) is 0 Å². The highest BCUT2D eigenvalue weighted by Crippen LogP contribution is 2.13. The van der Waals surface area contributed by atoms with Gasteiger partial charge in [0.25, 0.3) is 5.91 Å². The van der Waals surface area contributed by atoms with Crippen LogP contribution in [0.5, 0.6) is 0 Å². The lowest BCUT2D eigenvalue weighted by Crippen LogP contribution is -2.23. The fraction of sp³-hybridized carbons (Fsp3) is 0.235. The molecule has 0 atom stereocenters. The van der Waals surface area contributed by atoms with Gasteiger partial charge in [-0.05, 0) is 42.3 Å². The summed E-state index contributed by atoms with van der Waals surface area (Å²) in [6, 6.07) is 12.4. The lowest BCUT2D eigenvalue weighted by molar-refractivity contribution is 0.0947.